The van der Waals surface area contributed by atoms with E-state index >= 15 is 0 Å². The molecule has 658 valence electrons. The maximum absolute atomic E-state index is 8.61. The molecule has 5 nitrogen and oxygen atoms in total. The Bertz CT molecular complexity index is 7120. The van der Waals surface area contributed by atoms with Gasteiger partial charge in [-0.25, -0.2) is 4.57 Å². The maximum Gasteiger partial charge on any atom is 0.220 e. The molecule has 0 atom stereocenters. The Morgan fingerprint density at radius 2 is 0.575 bits per heavy atom. The average molecular weight is 1690 g/mol. The van der Waals surface area contributed by atoms with Crippen LogP contribution in [-0.2, 0) is 56.9 Å². The molecule has 0 amide bonds. The molecular formula is C122H150N5+5. The lowest BCUT2D eigenvalue weighted by atomic mass is 9.76. The second kappa shape index (κ2) is 37.1. The first-order valence-electron chi connectivity index (χ1n) is 49.8. The first-order chi connectivity index (χ1) is 62.2. The van der Waals surface area contributed by atoms with Gasteiger partial charge in [-0.15, -0.1) is 0 Å². The summed E-state index contributed by atoms with van der Waals surface area (Å²) in [6, 6.07) is 62.7. The fourth-order valence-corrected chi connectivity index (χ4v) is 19.4. The minimum atomic E-state index is 0.0174. The third-order valence-electron chi connectivity index (χ3n) is 28.1. The minimum absolute atomic E-state index is 0.0174. The van der Waals surface area contributed by atoms with Crippen molar-refractivity contribution >= 4 is 53.9 Å². The topological polar surface area (TPSA) is 19.4 Å². The van der Waals surface area contributed by atoms with Gasteiger partial charge in [0.1, 0.15) is 36.6 Å². The van der Waals surface area contributed by atoms with Crippen molar-refractivity contribution in [3.8, 4) is 56.3 Å². The van der Waals surface area contributed by atoms with Crippen LogP contribution < -0.4 is 22.8 Å². The number of fused-ring (bicyclic) bond motifs is 5. The molecule has 0 bridgehead atoms. The van der Waals surface area contributed by atoms with Gasteiger partial charge >= 0.3 is 0 Å². The Morgan fingerprint density at radius 1 is 0.268 bits per heavy atom. The van der Waals surface area contributed by atoms with E-state index in [9.17, 15) is 0 Å². The first-order valence-corrected chi connectivity index (χ1v) is 46.8. The molecule has 0 radical (unpaired) electrons. The van der Waals surface area contributed by atoms with Crippen molar-refractivity contribution in [1.82, 2.24) is 0 Å². The summed E-state index contributed by atoms with van der Waals surface area (Å²) in [4.78, 5) is 0. The maximum atomic E-state index is 8.61. The molecule has 5 heteroatoms. The van der Waals surface area contributed by atoms with E-state index in [4.69, 9.17) is 8.22 Å². The summed E-state index contributed by atoms with van der Waals surface area (Å²) in [5.74, 6) is 1.42. The van der Waals surface area contributed by atoms with Crippen LogP contribution in [0, 0.1) is 111 Å². The molecule has 15 aromatic rings. The lowest BCUT2D eigenvalue weighted by Gasteiger charge is -2.28. The van der Waals surface area contributed by atoms with Gasteiger partial charge in [0.25, 0.3) is 0 Å². The standard InChI is InChI=1S/C26H34N.C25H30N.C24H28N.C24H30N.C23H28N/c1-17-10-11-19-12-13-27(9)24(22(19)14-17)21-15-20(25(3,4)5)16-23(18(21)2)26(6,7)8;1-16-10-11-21-14-18(3)26(5)25(24(21)12-16)23-15-22(13-17(2)19(23)4)20-8-6-7-9-20;1-16-9-11-21-14-18(3)25(4)24(23(21)13-16)22-15-20(12-10-17(22)2)19-7-5-6-8-19;1-15-9-10-19-13-17(3)25(8)23(22(19)11-15)21-14-20(24(5,6)7)12-16(2)18(21)4;1-15-8-10-18-13-17(3)24(7)22(21(18)12-15)20-14-19(23(4,5)6)11-9-16(20)2/h10-16H,1-9H3;10-15,20H,6-9H2,1-5H3;9-15,19H,5-8H2,1-4H3;9-14H,1-8H3;8-14H,1-7H3/q5*+1/i12D,13D;2*14D;2*13D. The molecule has 2 fully saturated rings. The van der Waals surface area contributed by atoms with Gasteiger partial charge in [-0.2, -0.15) is 18.3 Å². The Balaban J connectivity index is 0.000000141. The number of aryl methyl sites for hydroxylation is 9. The monoisotopic (exact) mass is 1690 g/mol. The van der Waals surface area contributed by atoms with E-state index < -0.39 is 0 Å². The van der Waals surface area contributed by atoms with Crippen molar-refractivity contribution in [3.05, 3.63) is 323 Å². The number of benzene rings is 10. The zero-order valence-electron chi connectivity index (χ0n) is 89.6. The van der Waals surface area contributed by atoms with Crippen LogP contribution in [0.4, 0.5) is 0 Å². The largest absolute Gasteiger partial charge is 0.220 e. The Labute approximate surface area is 773 Å². The molecule has 0 saturated heterocycles. The van der Waals surface area contributed by atoms with Crippen molar-refractivity contribution < 1.29 is 31.1 Å². The molecular weight excluding hydrogens is 1540 g/mol. The summed E-state index contributed by atoms with van der Waals surface area (Å²) in [5, 5.41) is 10.7. The summed E-state index contributed by atoms with van der Waals surface area (Å²) in [5.41, 5.74) is 40.1. The Hall–Kier alpha value is -10.8. The van der Waals surface area contributed by atoms with Gasteiger partial charge < -0.3 is 0 Å². The number of pyridine rings is 5. The molecule has 5 heterocycles. The van der Waals surface area contributed by atoms with Crippen LogP contribution in [0.3, 0.4) is 0 Å². The van der Waals surface area contributed by atoms with Crippen LogP contribution in [0.5, 0.6) is 0 Å². The van der Waals surface area contributed by atoms with Crippen LogP contribution in [0.25, 0.3) is 110 Å². The predicted octanol–water partition coefficient (Wildman–Crippen LogP) is 30.1. The summed E-state index contributed by atoms with van der Waals surface area (Å²) in [6.07, 6.45) is 10.9. The summed E-state index contributed by atoms with van der Waals surface area (Å²) in [6.45, 7) is 61.4. The summed E-state index contributed by atoms with van der Waals surface area (Å²) >= 11 is 0. The average Bonchev–Trinajstić information content (AvgIpc) is 0.893. The molecule has 0 N–H and O–H groups in total. The summed E-state index contributed by atoms with van der Waals surface area (Å²) < 4.78 is 62.0. The molecule has 2 saturated carbocycles. The van der Waals surface area contributed by atoms with Gasteiger partial charge in [-0.3, -0.25) is 0 Å². The highest BCUT2D eigenvalue weighted by atomic mass is 15.0. The molecule has 2 aliphatic rings. The SMILES string of the molecule is [2H]c1c(C)[n+](C)c(-c2cc(C(C)(C)C)cc(C)c2C)c2cc(C)ccc12.[2H]c1c(C)[n+](C)c(-c2cc(C(C)(C)C)ccc2C)c2cc(C)ccc12.[2H]c1c(C)[n+](C)c(-c2cc(C3CCCC3)cc(C)c2C)c2cc(C)ccc12.[2H]c1c(C)[n+](C)c(-c2cc(C3CCCC3)ccc2C)c2cc(C)ccc12.[2H]c1c([2H])[n+](C)c(-c2cc(C(C)(C)C)cc(C(C)(C)C)c2C)c2cc(C)ccc12. The molecule has 2 aliphatic carbocycles. The molecule has 0 unspecified atom stereocenters. The molecule has 127 heavy (non-hydrogen) atoms. The van der Waals surface area contributed by atoms with Crippen LogP contribution >= 0.6 is 0 Å². The van der Waals surface area contributed by atoms with Crippen molar-refractivity contribution in [1.29, 1.82) is 0 Å². The third-order valence-corrected chi connectivity index (χ3v) is 28.1. The number of hydrogen-bond acceptors (Lipinski definition) is 0. The van der Waals surface area contributed by atoms with Gasteiger partial charge in [-0.05, 0) is 302 Å². The zero-order valence-corrected chi connectivity index (χ0v) is 83.6. The van der Waals surface area contributed by atoms with Gasteiger partial charge in [0.05, 0.1) is 56.0 Å². The molecule has 17 rings (SSSR count). The highest BCUT2D eigenvalue weighted by Gasteiger charge is 2.32. The highest BCUT2D eigenvalue weighted by Crippen LogP contribution is 2.44. The third kappa shape index (κ3) is 20.1. The van der Waals surface area contributed by atoms with E-state index in [0.717, 1.165) is 82.7 Å². The quantitative estimate of drug-likeness (QED) is 0.142. The number of hydrogen-bond donors (Lipinski definition) is 0. The smallest absolute Gasteiger partial charge is 0.200 e. The van der Waals surface area contributed by atoms with Gasteiger partial charge in [0.2, 0.25) is 28.5 Å². The van der Waals surface area contributed by atoms with Crippen molar-refractivity contribution in [3.63, 3.8) is 0 Å². The second-order valence-electron chi connectivity index (χ2n) is 42.1. The number of aromatic nitrogens is 5. The van der Waals surface area contributed by atoms with E-state index in [1.165, 1.54) is 202 Å². The molecule has 5 aromatic heterocycles. The lowest BCUT2D eigenvalue weighted by molar-refractivity contribution is -0.665. The Morgan fingerprint density at radius 3 is 0.961 bits per heavy atom. The zero-order chi connectivity index (χ0) is 97.5. The fraction of sp³-hybridized carbons (Fsp3) is 0.385. The van der Waals surface area contributed by atoms with Gasteiger partial charge in [0, 0.05) is 63.5 Å². The van der Waals surface area contributed by atoms with Gasteiger partial charge in [0.15, 0.2) is 28.9 Å². The fourth-order valence-electron chi connectivity index (χ4n) is 19.4. The van der Waals surface area contributed by atoms with E-state index in [1.807, 2.05) is 37.6 Å². The van der Waals surface area contributed by atoms with Crippen LogP contribution in [0.15, 0.2) is 200 Å². The van der Waals surface area contributed by atoms with Gasteiger partial charge in [-0.1, -0.05) is 240 Å². The van der Waals surface area contributed by atoms with E-state index in [0.29, 0.717) is 36.0 Å². The van der Waals surface area contributed by atoms with Crippen LogP contribution in [0.2, 0.25) is 0 Å². The molecule has 0 aliphatic heterocycles. The highest BCUT2D eigenvalue weighted by molar-refractivity contribution is 5.99. The first kappa shape index (κ1) is 85.7. The van der Waals surface area contributed by atoms with E-state index in [-0.39, 0.29) is 33.9 Å². The molecule has 0 spiro atoms. The number of rotatable bonds is 7. The summed E-state index contributed by atoms with van der Waals surface area (Å²) in [7, 11) is 10.3. The van der Waals surface area contributed by atoms with Crippen molar-refractivity contribution in [2.75, 3.05) is 0 Å². The van der Waals surface area contributed by atoms with Crippen molar-refractivity contribution in [2.24, 2.45) is 35.2 Å². The predicted molar refractivity (Wildman–Crippen MR) is 546 cm³/mol. The lowest BCUT2D eigenvalue weighted by Crippen LogP contribution is -2.35. The van der Waals surface area contributed by atoms with Crippen LogP contribution in [-0.4, -0.2) is 0 Å². The minimum Gasteiger partial charge on any atom is -0.200 e. The van der Waals surface area contributed by atoms with Crippen molar-refractivity contribution in [2.45, 2.75) is 279 Å². The van der Waals surface area contributed by atoms with E-state index in [2.05, 4.69) is 378 Å². The molecule has 10 aromatic carbocycles. The van der Waals surface area contributed by atoms with E-state index in [1.54, 1.807) is 0 Å². The normalized spacial score (nSPS) is 14.1. The number of nitrogens with zero attached hydrogens (tertiary/aromatic N) is 5. The van der Waals surface area contributed by atoms with Crippen LogP contribution in [0.1, 0.15) is 277 Å². The Kier molecular flexibility index (Phi) is 25.1. The second-order valence-corrected chi connectivity index (χ2v) is 42.1.